The van der Waals surface area contributed by atoms with E-state index in [0.29, 0.717) is 0 Å². The Morgan fingerprint density at radius 3 is 2.56 bits per heavy atom. The number of halogens is 3. The van der Waals surface area contributed by atoms with Gasteiger partial charge in [0.2, 0.25) is 6.10 Å². The predicted molar refractivity (Wildman–Crippen MR) is 62.7 cm³/mol. The fourth-order valence-electron chi connectivity index (χ4n) is 1.29. The largest absolute Gasteiger partial charge is 0.489 e. The minimum Gasteiger partial charge on any atom is -0.489 e. The van der Waals surface area contributed by atoms with Crippen LogP contribution in [0.1, 0.15) is 19.4 Å². The SMILES string of the molecule is CC(C)Oc1cc(C(F)(F)C(O)C#N)ccc1Cl. The maximum absolute atomic E-state index is 13.6. The lowest BCUT2D eigenvalue weighted by Gasteiger charge is -2.19. The van der Waals surface area contributed by atoms with Crippen molar-refractivity contribution in [1.82, 2.24) is 0 Å². The molecule has 0 saturated carbocycles. The van der Waals surface area contributed by atoms with Crippen molar-refractivity contribution in [1.29, 1.82) is 5.26 Å². The van der Waals surface area contributed by atoms with Crippen molar-refractivity contribution in [3.05, 3.63) is 28.8 Å². The van der Waals surface area contributed by atoms with Crippen molar-refractivity contribution in [2.75, 3.05) is 0 Å². The molecule has 0 heterocycles. The average Bonchev–Trinajstić information content (AvgIpc) is 2.30. The second-order valence-electron chi connectivity index (χ2n) is 3.97. The number of rotatable bonds is 4. The van der Waals surface area contributed by atoms with Gasteiger partial charge in [-0.05, 0) is 26.0 Å². The molecule has 0 fully saturated rings. The summed E-state index contributed by atoms with van der Waals surface area (Å²) in [7, 11) is 0. The molecule has 0 bridgehead atoms. The fourth-order valence-corrected chi connectivity index (χ4v) is 1.46. The standard InChI is InChI=1S/C12H12ClF2NO2/c1-7(2)18-10-5-8(3-4-9(10)13)12(14,15)11(17)6-16/h3-5,7,11,17H,1-2H3. The van der Waals surface area contributed by atoms with Crippen LogP contribution in [0.25, 0.3) is 0 Å². The summed E-state index contributed by atoms with van der Waals surface area (Å²) in [5, 5.41) is 17.5. The first-order valence-corrected chi connectivity index (χ1v) is 5.59. The van der Waals surface area contributed by atoms with Gasteiger partial charge in [0.1, 0.15) is 11.8 Å². The second kappa shape index (κ2) is 5.51. The second-order valence-corrected chi connectivity index (χ2v) is 4.37. The van der Waals surface area contributed by atoms with Gasteiger partial charge < -0.3 is 9.84 Å². The number of alkyl halides is 2. The van der Waals surface area contributed by atoms with Gasteiger partial charge in [-0.15, -0.1) is 0 Å². The molecule has 0 radical (unpaired) electrons. The number of aliphatic hydroxyl groups is 1. The van der Waals surface area contributed by atoms with Crippen molar-refractivity contribution < 1.29 is 18.6 Å². The zero-order chi connectivity index (χ0) is 13.9. The summed E-state index contributed by atoms with van der Waals surface area (Å²) in [4.78, 5) is 0. The van der Waals surface area contributed by atoms with Crippen LogP contribution >= 0.6 is 11.6 Å². The van der Waals surface area contributed by atoms with E-state index < -0.39 is 17.6 Å². The number of hydrogen-bond donors (Lipinski definition) is 1. The molecule has 1 N–H and O–H groups in total. The van der Waals surface area contributed by atoms with Gasteiger partial charge in [-0.25, -0.2) is 0 Å². The van der Waals surface area contributed by atoms with Crippen LogP contribution in [0.15, 0.2) is 18.2 Å². The third-order valence-corrected chi connectivity index (χ3v) is 2.46. The molecule has 0 aliphatic carbocycles. The van der Waals surface area contributed by atoms with E-state index in [0.717, 1.165) is 18.2 Å². The van der Waals surface area contributed by atoms with Gasteiger partial charge in [0.15, 0.2) is 0 Å². The Hall–Kier alpha value is -1.38. The van der Waals surface area contributed by atoms with Crippen LogP contribution in [0.5, 0.6) is 5.75 Å². The summed E-state index contributed by atoms with van der Waals surface area (Å²) in [5.74, 6) is -3.58. The van der Waals surface area contributed by atoms with E-state index in [1.807, 2.05) is 0 Å². The van der Waals surface area contributed by atoms with E-state index in [9.17, 15) is 8.78 Å². The lowest BCUT2D eigenvalue weighted by atomic mass is 10.0. The van der Waals surface area contributed by atoms with E-state index in [1.54, 1.807) is 13.8 Å². The Labute approximate surface area is 109 Å². The van der Waals surface area contributed by atoms with Crippen molar-refractivity contribution in [3.8, 4) is 11.8 Å². The molecule has 0 aromatic heterocycles. The normalized spacial score (nSPS) is 13.2. The highest BCUT2D eigenvalue weighted by molar-refractivity contribution is 6.32. The molecule has 0 spiro atoms. The molecule has 1 aromatic rings. The van der Waals surface area contributed by atoms with Crippen molar-refractivity contribution >= 4 is 11.6 Å². The van der Waals surface area contributed by atoms with Crippen molar-refractivity contribution in [2.24, 2.45) is 0 Å². The summed E-state index contributed by atoms with van der Waals surface area (Å²) in [6.45, 7) is 3.45. The first kappa shape index (κ1) is 14.7. The number of ether oxygens (including phenoxy) is 1. The average molecular weight is 276 g/mol. The van der Waals surface area contributed by atoms with E-state index in [4.69, 9.17) is 26.7 Å². The molecule has 18 heavy (non-hydrogen) atoms. The molecule has 1 aromatic carbocycles. The zero-order valence-corrected chi connectivity index (χ0v) is 10.6. The number of benzene rings is 1. The van der Waals surface area contributed by atoms with Gasteiger partial charge in [-0.3, -0.25) is 0 Å². The maximum Gasteiger partial charge on any atom is 0.311 e. The van der Waals surface area contributed by atoms with Crippen LogP contribution in [0, 0.1) is 11.3 Å². The topological polar surface area (TPSA) is 53.2 Å². The third-order valence-electron chi connectivity index (χ3n) is 2.14. The van der Waals surface area contributed by atoms with Gasteiger partial charge in [0, 0.05) is 5.56 Å². The smallest absolute Gasteiger partial charge is 0.311 e. The molecule has 0 aliphatic heterocycles. The van der Waals surface area contributed by atoms with Gasteiger partial charge in [0.25, 0.3) is 0 Å². The summed E-state index contributed by atoms with van der Waals surface area (Å²) in [5.41, 5.74) is -0.517. The Balaban J connectivity index is 3.16. The monoisotopic (exact) mass is 275 g/mol. The van der Waals surface area contributed by atoms with Crippen LogP contribution in [0.3, 0.4) is 0 Å². The predicted octanol–water partition coefficient (Wildman–Crippen LogP) is 3.10. The Bertz CT molecular complexity index is 472. The lowest BCUT2D eigenvalue weighted by molar-refractivity contribution is -0.0894. The highest BCUT2D eigenvalue weighted by Gasteiger charge is 2.41. The number of hydrogen-bond acceptors (Lipinski definition) is 3. The molecular formula is C12H12ClF2NO2. The molecule has 98 valence electrons. The van der Waals surface area contributed by atoms with Crippen LogP contribution in [0.2, 0.25) is 5.02 Å². The Morgan fingerprint density at radius 2 is 2.06 bits per heavy atom. The Morgan fingerprint density at radius 1 is 1.44 bits per heavy atom. The maximum atomic E-state index is 13.6. The molecule has 0 amide bonds. The Kier molecular flexibility index (Phi) is 4.49. The molecule has 0 saturated heterocycles. The van der Waals surface area contributed by atoms with E-state index in [2.05, 4.69) is 0 Å². The van der Waals surface area contributed by atoms with Gasteiger partial charge in [-0.2, -0.15) is 14.0 Å². The van der Waals surface area contributed by atoms with Crippen LogP contribution in [-0.2, 0) is 5.92 Å². The summed E-state index contributed by atoms with van der Waals surface area (Å²) in [6.07, 6.45) is -2.64. The highest BCUT2D eigenvalue weighted by atomic mass is 35.5. The van der Waals surface area contributed by atoms with E-state index in [1.165, 1.54) is 6.07 Å². The number of aliphatic hydroxyl groups excluding tert-OH is 1. The number of nitriles is 1. The lowest BCUT2D eigenvalue weighted by Crippen LogP contribution is -2.29. The first-order chi connectivity index (χ1) is 8.28. The minimum atomic E-state index is -3.67. The van der Waals surface area contributed by atoms with Crippen LogP contribution in [-0.4, -0.2) is 17.3 Å². The summed E-state index contributed by atoms with van der Waals surface area (Å²) < 4.78 is 32.5. The minimum absolute atomic E-state index is 0.0916. The molecule has 3 nitrogen and oxygen atoms in total. The highest BCUT2D eigenvalue weighted by Crippen LogP contribution is 2.36. The van der Waals surface area contributed by atoms with Gasteiger partial charge >= 0.3 is 5.92 Å². The molecule has 1 unspecified atom stereocenters. The first-order valence-electron chi connectivity index (χ1n) is 5.21. The van der Waals surface area contributed by atoms with Crippen molar-refractivity contribution in [3.63, 3.8) is 0 Å². The fraction of sp³-hybridized carbons (Fsp3) is 0.417. The van der Waals surface area contributed by atoms with Gasteiger partial charge in [0.05, 0.1) is 11.1 Å². The van der Waals surface area contributed by atoms with E-state index >= 15 is 0 Å². The molecular weight excluding hydrogens is 264 g/mol. The van der Waals surface area contributed by atoms with E-state index in [-0.39, 0.29) is 16.9 Å². The molecule has 1 rings (SSSR count). The number of nitrogens with zero attached hydrogens (tertiary/aromatic N) is 1. The molecule has 1 atom stereocenters. The molecule has 0 aliphatic rings. The van der Waals surface area contributed by atoms with Gasteiger partial charge in [-0.1, -0.05) is 17.7 Å². The summed E-state index contributed by atoms with van der Waals surface area (Å²) >= 11 is 5.81. The summed E-state index contributed by atoms with van der Waals surface area (Å²) in [6, 6.07) is 4.44. The third kappa shape index (κ3) is 3.09. The van der Waals surface area contributed by atoms with Crippen molar-refractivity contribution in [2.45, 2.75) is 32.0 Å². The van der Waals surface area contributed by atoms with Crippen LogP contribution in [0.4, 0.5) is 8.78 Å². The zero-order valence-electron chi connectivity index (χ0n) is 9.82. The van der Waals surface area contributed by atoms with Crippen LogP contribution < -0.4 is 4.74 Å². The quantitative estimate of drug-likeness (QED) is 0.859. The molecule has 6 heteroatoms.